The van der Waals surface area contributed by atoms with Crippen LogP contribution in [0, 0.1) is 5.92 Å². The minimum absolute atomic E-state index is 0.335. The zero-order valence-electron chi connectivity index (χ0n) is 9.49. The zero-order valence-corrected chi connectivity index (χ0v) is 11.9. The van der Waals surface area contributed by atoms with Crippen molar-refractivity contribution in [3.63, 3.8) is 0 Å². The van der Waals surface area contributed by atoms with Gasteiger partial charge in [-0.05, 0) is 52.9 Å². The fourth-order valence-electron chi connectivity index (χ4n) is 2.14. The molecule has 2 nitrogen and oxygen atoms in total. The lowest BCUT2D eigenvalue weighted by Gasteiger charge is -2.09. The predicted molar refractivity (Wildman–Crippen MR) is 73.8 cm³/mol. The molecule has 1 aliphatic carbocycles. The molecule has 0 aromatic heterocycles. The summed E-state index contributed by atoms with van der Waals surface area (Å²) < 4.78 is 0.889. The van der Waals surface area contributed by atoms with Crippen molar-refractivity contribution in [3.05, 3.63) is 28.2 Å². The van der Waals surface area contributed by atoms with Gasteiger partial charge in [-0.1, -0.05) is 12.8 Å². The number of carboxylic acids is 1. The summed E-state index contributed by atoms with van der Waals surface area (Å²) in [6.45, 7) is 0. The molecule has 1 aliphatic rings. The minimum atomic E-state index is -0.877. The van der Waals surface area contributed by atoms with Crippen LogP contribution in [-0.2, 0) is 0 Å². The second-order valence-corrected chi connectivity index (χ2v) is 6.33. The first-order valence-electron chi connectivity index (χ1n) is 5.82. The monoisotopic (exact) mass is 314 g/mol. The molecular weight excluding hydrogens is 300 g/mol. The van der Waals surface area contributed by atoms with Crippen LogP contribution in [0.2, 0.25) is 0 Å². The van der Waals surface area contributed by atoms with Crippen molar-refractivity contribution >= 4 is 33.7 Å². The van der Waals surface area contributed by atoms with E-state index in [1.807, 2.05) is 17.8 Å². The second kappa shape index (κ2) is 5.91. The summed E-state index contributed by atoms with van der Waals surface area (Å²) in [7, 11) is 0. The Labute approximate surface area is 114 Å². The number of halogens is 1. The minimum Gasteiger partial charge on any atom is -0.478 e. The highest BCUT2D eigenvalue weighted by Gasteiger charge is 2.16. The Morgan fingerprint density at radius 2 is 2.12 bits per heavy atom. The highest BCUT2D eigenvalue weighted by atomic mass is 79.9. The van der Waals surface area contributed by atoms with Crippen LogP contribution in [0.25, 0.3) is 0 Å². The van der Waals surface area contributed by atoms with Crippen molar-refractivity contribution in [2.45, 2.75) is 30.6 Å². The molecule has 0 heterocycles. The van der Waals surface area contributed by atoms with Crippen LogP contribution in [0.5, 0.6) is 0 Å². The molecule has 0 bridgehead atoms. The molecule has 92 valence electrons. The first kappa shape index (κ1) is 13.0. The normalized spacial score (nSPS) is 16.3. The summed E-state index contributed by atoms with van der Waals surface area (Å²) in [5.74, 6) is 1.11. The van der Waals surface area contributed by atoms with Gasteiger partial charge >= 0.3 is 5.97 Å². The number of hydrogen-bond acceptors (Lipinski definition) is 2. The van der Waals surface area contributed by atoms with E-state index in [9.17, 15) is 4.79 Å². The molecule has 17 heavy (non-hydrogen) atoms. The average Bonchev–Trinajstić information content (AvgIpc) is 2.80. The topological polar surface area (TPSA) is 37.3 Å². The van der Waals surface area contributed by atoms with Crippen molar-refractivity contribution in [1.82, 2.24) is 0 Å². The third-order valence-electron chi connectivity index (χ3n) is 3.13. The van der Waals surface area contributed by atoms with Crippen molar-refractivity contribution in [3.8, 4) is 0 Å². The van der Waals surface area contributed by atoms with Gasteiger partial charge < -0.3 is 5.11 Å². The van der Waals surface area contributed by atoms with Crippen LogP contribution in [0.1, 0.15) is 36.0 Å². The van der Waals surface area contributed by atoms with Crippen LogP contribution in [0.3, 0.4) is 0 Å². The van der Waals surface area contributed by atoms with E-state index in [0.717, 1.165) is 21.0 Å². The van der Waals surface area contributed by atoms with E-state index in [4.69, 9.17) is 5.11 Å². The molecule has 1 fully saturated rings. The van der Waals surface area contributed by atoms with Gasteiger partial charge in [0.05, 0.1) is 5.56 Å². The fourth-order valence-corrected chi connectivity index (χ4v) is 3.97. The lowest BCUT2D eigenvalue weighted by atomic mass is 10.1. The number of carboxylic acid groups (broad SMARTS) is 1. The second-order valence-electron chi connectivity index (χ2n) is 4.41. The van der Waals surface area contributed by atoms with E-state index >= 15 is 0 Å². The third-order valence-corrected chi connectivity index (χ3v) is 5.35. The SMILES string of the molecule is O=C(O)c1ccc(SCC2CCCC2)c(Br)c1. The standard InChI is InChI=1S/C13H15BrO2S/c14-11-7-10(13(15)16)5-6-12(11)17-8-9-3-1-2-4-9/h5-7,9H,1-4,8H2,(H,15,16). The van der Waals surface area contributed by atoms with E-state index in [1.165, 1.54) is 25.7 Å². The highest BCUT2D eigenvalue weighted by molar-refractivity contribution is 9.10. The van der Waals surface area contributed by atoms with Crippen molar-refractivity contribution in [2.24, 2.45) is 5.92 Å². The Hall–Kier alpha value is -0.480. The smallest absolute Gasteiger partial charge is 0.335 e. The summed E-state index contributed by atoms with van der Waals surface area (Å²) in [6.07, 6.45) is 5.42. The lowest BCUT2D eigenvalue weighted by Crippen LogP contribution is -1.98. The maximum absolute atomic E-state index is 10.8. The van der Waals surface area contributed by atoms with E-state index in [1.54, 1.807) is 12.1 Å². The predicted octanol–water partition coefficient (Wildman–Crippen LogP) is 4.43. The molecule has 2 rings (SSSR count). The molecule has 0 spiro atoms. The number of benzene rings is 1. The molecule has 4 heteroatoms. The summed E-state index contributed by atoms with van der Waals surface area (Å²) in [5.41, 5.74) is 0.335. The maximum Gasteiger partial charge on any atom is 0.335 e. The Kier molecular flexibility index (Phi) is 4.51. The van der Waals surface area contributed by atoms with E-state index in [2.05, 4.69) is 15.9 Å². The van der Waals surface area contributed by atoms with E-state index in [-0.39, 0.29) is 0 Å². The van der Waals surface area contributed by atoms with Gasteiger partial charge in [-0.3, -0.25) is 0 Å². The molecule has 0 atom stereocenters. The molecule has 1 saturated carbocycles. The summed E-state index contributed by atoms with van der Waals surface area (Å²) >= 11 is 5.27. The molecule has 1 N–H and O–H groups in total. The largest absolute Gasteiger partial charge is 0.478 e. The number of rotatable bonds is 4. The zero-order chi connectivity index (χ0) is 12.3. The van der Waals surface area contributed by atoms with Crippen LogP contribution in [-0.4, -0.2) is 16.8 Å². The summed E-state index contributed by atoms with van der Waals surface area (Å²) in [4.78, 5) is 11.9. The van der Waals surface area contributed by atoms with Crippen LogP contribution >= 0.6 is 27.7 Å². The van der Waals surface area contributed by atoms with Gasteiger partial charge in [-0.2, -0.15) is 0 Å². The van der Waals surface area contributed by atoms with Gasteiger partial charge in [0.25, 0.3) is 0 Å². The summed E-state index contributed by atoms with van der Waals surface area (Å²) in [6, 6.07) is 5.25. The van der Waals surface area contributed by atoms with Crippen LogP contribution in [0.4, 0.5) is 0 Å². The number of hydrogen-bond donors (Lipinski definition) is 1. The van der Waals surface area contributed by atoms with Crippen molar-refractivity contribution < 1.29 is 9.90 Å². The molecule has 1 aromatic carbocycles. The molecule has 0 aliphatic heterocycles. The van der Waals surface area contributed by atoms with Gasteiger partial charge in [0.15, 0.2) is 0 Å². The quantitative estimate of drug-likeness (QED) is 0.835. The Morgan fingerprint density at radius 3 is 2.71 bits per heavy atom. The van der Waals surface area contributed by atoms with Crippen LogP contribution in [0.15, 0.2) is 27.6 Å². The fraction of sp³-hybridized carbons (Fsp3) is 0.462. The van der Waals surface area contributed by atoms with Gasteiger partial charge in [0, 0.05) is 15.1 Å². The summed E-state index contributed by atoms with van der Waals surface area (Å²) in [5, 5.41) is 8.88. The van der Waals surface area contributed by atoms with Gasteiger partial charge in [-0.15, -0.1) is 11.8 Å². The first-order chi connectivity index (χ1) is 8.16. The Morgan fingerprint density at radius 1 is 1.41 bits per heavy atom. The number of thioether (sulfide) groups is 1. The Bertz CT molecular complexity index is 414. The van der Waals surface area contributed by atoms with E-state index in [0.29, 0.717) is 5.56 Å². The molecule has 0 unspecified atom stereocenters. The average molecular weight is 315 g/mol. The van der Waals surface area contributed by atoms with Gasteiger partial charge in [0.1, 0.15) is 0 Å². The first-order valence-corrected chi connectivity index (χ1v) is 7.60. The molecule has 1 aromatic rings. The number of carbonyl (C=O) groups is 1. The lowest BCUT2D eigenvalue weighted by molar-refractivity contribution is 0.0696. The van der Waals surface area contributed by atoms with Gasteiger partial charge in [0.2, 0.25) is 0 Å². The Balaban J connectivity index is 1.98. The van der Waals surface area contributed by atoms with E-state index < -0.39 is 5.97 Å². The van der Waals surface area contributed by atoms with Gasteiger partial charge in [-0.25, -0.2) is 4.79 Å². The maximum atomic E-state index is 10.8. The highest BCUT2D eigenvalue weighted by Crippen LogP contribution is 2.34. The molecule has 0 saturated heterocycles. The van der Waals surface area contributed by atoms with Crippen LogP contribution < -0.4 is 0 Å². The molecular formula is C13H15BrO2S. The molecule has 0 radical (unpaired) electrons. The third kappa shape index (κ3) is 3.49. The molecule has 0 amide bonds. The number of aromatic carboxylic acids is 1. The van der Waals surface area contributed by atoms with Crippen molar-refractivity contribution in [1.29, 1.82) is 0 Å². The van der Waals surface area contributed by atoms with Crippen molar-refractivity contribution in [2.75, 3.05) is 5.75 Å².